The van der Waals surface area contributed by atoms with E-state index in [1.807, 2.05) is 23.6 Å². The maximum Gasteiger partial charge on any atom is 0.124 e. The lowest BCUT2D eigenvalue weighted by atomic mass is 10.1. The number of thiazole rings is 1. The van der Waals surface area contributed by atoms with Crippen molar-refractivity contribution < 1.29 is 0 Å². The van der Waals surface area contributed by atoms with Gasteiger partial charge in [0.05, 0.1) is 5.02 Å². The third kappa shape index (κ3) is 1.78. The first-order valence-electron chi connectivity index (χ1n) is 4.06. The Morgan fingerprint density at radius 2 is 2.21 bits per heavy atom. The van der Waals surface area contributed by atoms with Crippen molar-refractivity contribution in [3.8, 4) is 10.6 Å². The molecule has 0 aliphatic rings. The number of hydrogen-bond donors (Lipinski definition) is 0. The Bertz CT molecular complexity index is 426. The van der Waals surface area contributed by atoms with Crippen molar-refractivity contribution >= 4 is 34.5 Å². The number of aromatic nitrogens is 1. The zero-order chi connectivity index (χ0) is 9.97. The third-order valence-electron chi connectivity index (χ3n) is 1.89. The van der Waals surface area contributed by atoms with E-state index in [-0.39, 0.29) is 0 Å². The Morgan fingerprint density at radius 1 is 1.36 bits per heavy atom. The zero-order valence-electron chi connectivity index (χ0n) is 7.21. The summed E-state index contributed by atoms with van der Waals surface area (Å²) in [6.07, 6.45) is 1.77. The van der Waals surface area contributed by atoms with Crippen molar-refractivity contribution in [2.75, 3.05) is 0 Å². The largest absolute Gasteiger partial charge is 0.244 e. The van der Waals surface area contributed by atoms with Gasteiger partial charge in [0.1, 0.15) is 5.01 Å². The molecule has 2 aromatic rings. The zero-order valence-corrected chi connectivity index (χ0v) is 9.53. The van der Waals surface area contributed by atoms with Crippen LogP contribution in [0.15, 0.2) is 29.8 Å². The molecule has 0 saturated heterocycles. The highest BCUT2D eigenvalue weighted by atomic mass is 35.5. The molecule has 0 aliphatic heterocycles. The molecule has 0 bridgehead atoms. The smallest absolute Gasteiger partial charge is 0.124 e. The van der Waals surface area contributed by atoms with E-state index in [1.54, 1.807) is 17.5 Å². The summed E-state index contributed by atoms with van der Waals surface area (Å²) >= 11 is 13.5. The molecule has 0 radical (unpaired) electrons. The predicted molar refractivity (Wildman–Crippen MR) is 62.1 cm³/mol. The van der Waals surface area contributed by atoms with Crippen molar-refractivity contribution in [1.82, 2.24) is 4.98 Å². The minimum Gasteiger partial charge on any atom is -0.244 e. The SMILES string of the molecule is ClCc1cccc(-c2nccs2)c1Cl. The molecule has 0 aliphatic carbocycles. The van der Waals surface area contributed by atoms with Crippen LogP contribution in [0.5, 0.6) is 0 Å². The predicted octanol–water partition coefficient (Wildman–Crippen LogP) is 4.20. The molecule has 0 atom stereocenters. The lowest BCUT2D eigenvalue weighted by Gasteiger charge is -2.04. The highest BCUT2D eigenvalue weighted by molar-refractivity contribution is 7.13. The minimum atomic E-state index is 0.429. The molecular formula is C10H7Cl2NS. The second kappa shape index (κ2) is 4.30. The summed E-state index contributed by atoms with van der Waals surface area (Å²) in [5.74, 6) is 0.429. The van der Waals surface area contributed by atoms with Crippen LogP contribution in [-0.2, 0) is 5.88 Å². The lowest BCUT2D eigenvalue weighted by molar-refractivity contribution is 1.37. The summed E-state index contributed by atoms with van der Waals surface area (Å²) in [4.78, 5) is 4.21. The van der Waals surface area contributed by atoms with Crippen LogP contribution in [0.3, 0.4) is 0 Å². The van der Waals surface area contributed by atoms with Crippen molar-refractivity contribution in [2.24, 2.45) is 0 Å². The summed E-state index contributed by atoms with van der Waals surface area (Å²) in [6.45, 7) is 0. The molecule has 0 unspecified atom stereocenters. The molecule has 1 heterocycles. The lowest BCUT2D eigenvalue weighted by Crippen LogP contribution is -1.84. The maximum atomic E-state index is 6.18. The van der Waals surface area contributed by atoms with Crippen molar-refractivity contribution in [3.05, 3.63) is 40.4 Å². The van der Waals surface area contributed by atoms with Gasteiger partial charge in [0, 0.05) is 23.0 Å². The molecule has 1 aromatic heterocycles. The number of alkyl halides is 1. The van der Waals surface area contributed by atoms with Gasteiger partial charge in [0.2, 0.25) is 0 Å². The molecule has 1 nitrogen and oxygen atoms in total. The van der Waals surface area contributed by atoms with E-state index in [4.69, 9.17) is 23.2 Å². The van der Waals surface area contributed by atoms with Crippen molar-refractivity contribution in [1.29, 1.82) is 0 Å². The monoisotopic (exact) mass is 243 g/mol. The van der Waals surface area contributed by atoms with E-state index in [9.17, 15) is 0 Å². The van der Waals surface area contributed by atoms with E-state index in [1.165, 1.54) is 0 Å². The molecule has 72 valence electrons. The van der Waals surface area contributed by atoms with Crippen LogP contribution < -0.4 is 0 Å². The third-order valence-corrected chi connectivity index (χ3v) is 3.43. The fourth-order valence-corrected chi connectivity index (χ4v) is 2.50. The number of benzene rings is 1. The number of rotatable bonds is 2. The molecule has 0 saturated carbocycles. The molecule has 0 fully saturated rings. The van der Waals surface area contributed by atoms with Gasteiger partial charge in [-0.25, -0.2) is 4.98 Å². The van der Waals surface area contributed by atoms with Crippen LogP contribution in [-0.4, -0.2) is 4.98 Å². The first-order chi connectivity index (χ1) is 6.83. The fraction of sp³-hybridized carbons (Fsp3) is 0.100. The Balaban J connectivity index is 2.54. The van der Waals surface area contributed by atoms with Crippen LogP contribution >= 0.6 is 34.5 Å². The normalized spacial score (nSPS) is 10.4. The molecule has 4 heteroatoms. The van der Waals surface area contributed by atoms with Crippen LogP contribution in [0.2, 0.25) is 5.02 Å². The van der Waals surface area contributed by atoms with Gasteiger partial charge in [-0.1, -0.05) is 29.8 Å². The summed E-state index contributed by atoms with van der Waals surface area (Å²) in [6, 6.07) is 5.82. The number of hydrogen-bond acceptors (Lipinski definition) is 2. The van der Waals surface area contributed by atoms with Gasteiger partial charge in [-0.3, -0.25) is 0 Å². The summed E-state index contributed by atoms with van der Waals surface area (Å²) in [5.41, 5.74) is 1.90. The topological polar surface area (TPSA) is 12.9 Å². The van der Waals surface area contributed by atoms with Crippen LogP contribution in [0.1, 0.15) is 5.56 Å². The van der Waals surface area contributed by atoms with E-state index >= 15 is 0 Å². The molecular weight excluding hydrogens is 237 g/mol. The Kier molecular flexibility index (Phi) is 3.06. The summed E-state index contributed by atoms with van der Waals surface area (Å²) < 4.78 is 0. The van der Waals surface area contributed by atoms with Crippen molar-refractivity contribution in [3.63, 3.8) is 0 Å². The van der Waals surface area contributed by atoms with Gasteiger partial charge in [-0.2, -0.15) is 0 Å². The second-order valence-corrected chi connectivity index (χ2v) is 4.29. The number of nitrogens with zero attached hydrogens (tertiary/aromatic N) is 1. The van der Waals surface area contributed by atoms with E-state index < -0.39 is 0 Å². The van der Waals surface area contributed by atoms with E-state index in [0.29, 0.717) is 10.9 Å². The Labute approximate surface area is 96.3 Å². The fourth-order valence-electron chi connectivity index (χ4n) is 1.20. The summed E-state index contributed by atoms with van der Waals surface area (Å²) in [7, 11) is 0. The van der Waals surface area contributed by atoms with Crippen molar-refractivity contribution in [2.45, 2.75) is 5.88 Å². The van der Waals surface area contributed by atoms with Gasteiger partial charge >= 0.3 is 0 Å². The Hall–Kier alpha value is -0.570. The average molecular weight is 244 g/mol. The molecule has 0 N–H and O–H groups in total. The van der Waals surface area contributed by atoms with E-state index in [0.717, 1.165) is 16.1 Å². The Morgan fingerprint density at radius 3 is 2.86 bits per heavy atom. The van der Waals surface area contributed by atoms with Crippen LogP contribution in [0, 0.1) is 0 Å². The second-order valence-electron chi connectivity index (χ2n) is 2.75. The molecule has 14 heavy (non-hydrogen) atoms. The van der Waals surface area contributed by atoms with E-state index in [2.05, 4.69) is 4.98 Å². The number of halogens is 2. The first kappa shape index (κ1) is 9.97. The van der Waals surface area contributed by atoms with Gasteiger partial charge < -0.3 is 0 Å². The highest BCUT2D eigenvalue weighted by Crippen LogP contribution is 2.32. The first-order valence-corrected chi connectivity index (χ1v) is 5.85. The highest BCUT2D eigenvalue weighted by Gasteiger charge is 2.08. The molecule has 2 rings (SSSR count). The molecule has 0 spiro atoms. The quantitative estimate of drug-likeness (QED) is 0.721. The van der Waals surface area contributed by atoms with Gasteiger partial charge in [0.15, 0.2) is 0 Å². The maximum absolute atomic E-state index is 6.18. The summed E-state index contributed by atoms with van der Waals surface area (Å²) in [5, 5.41) is 3.57. The average Bonchev–Trinajstić information content (AvgIpc) is 2.71. The van der Waals surface area contributed by atoms with Gasteiger partial charge in [-0.15, -0.1) is 22.9 Å². The molecule has 0 amide bonds. The minimum absolute atomic E-state index is 0.429. The molecule has 1 aromatic carbocycles. The standard InChI is InChI=1S/C10H7Cl2NS/c11-6-7-2-1-3-8(9(7)12)10-13-4-5-14-10/h1-5H,6H2. The van der Waals surface area contributed by atoms with Crippen LogP contribution in [0.25, 0.3) is 10.6 Å². The van der Waals surface area contributed by atoms with Gasteiger partial charge in [-0.05, 0) is 5.56 Å². The van der Waals surface area contributed by atoms with Gasteiger partial charge in [0.25, 0.3) is 0 Å². The van der Waals surface area contributed by atoms with Crippen LogP contribution in [0.4, 0.5) is 0 Å².